The third-order valence-corrected chi connectivity index (χ3v) is 4.02. The summed E-state index contributed by atoms with van der Waals surface area (Å²) in [6.07, 6.45) is 1.15. The smallest absolute Gasteiger partial charge is 0.332 e. The number of nitro benzene ring substituents is 1. The van der Waals surface area contributed by atoms with E-state index < -0.39 is 22.6 Å². The van der Waals surface area contributed by atoms with Gasteiger partial charge in [-0.05, 0) is 18.4 Å². The molecule has 2 aromatic rings. The maximum Gasteiger partial charge on any atom is 0.332 e. The van der Waals surface area contributed by atoms with Gasteiger partial charge in [0, 0.05) is 11.6 Å². The predicted octanol–water partition coefficient (Wildman–Crippen LogP) is 1.30. The zero-order chi connectivity index (χ0) is 18.9. The van der Waals surface area contributed by atoms with Crippen LogP contribution < -0.4 is 11.4 Å². The van der Waals surface area contributed by atoms with Crippen LogP contribution in [0.4, 0.5) is 5.69 Å². The summed E-state index contributed by atoms with van der Waals surface area (Å²) in [6, 6.07) is 3.67. The van der Waals surface area contributed by atoms with Crippen molar-refractivity contribution < 1.29 is 14.8 Å². The number of nitro groups is 1. The summed E-state index contributed by atoms with van der Waals surface area (Å²) < 4.78 is 2.12. The Hall–Kier alpha value is -3.10. The first-order valence-corrected chi connectivity index (χ1v) is 7.67. The highest BCUT2D eigenvalue weighted by molar-refractivity contribution is 5.78. The van der Waals surface area contributed by atoms with Gasteiger partial charge in [-0.25, -0.2) is 4.79 Å². The number of nitrogens with zero attached hydrogens (tertiary/aromatic N) is 3. The molecule has 1 aromatic carbocycles. The third-order valence-electron chi connectivity index (χ3n) is 4.02. The molecular weight excluding hydrogens is 328 g/mol. The van der Waals surface area contributed by atoms with Gasteiger partial charge in [0.05, 0.1) is 17.7 Å². The van der Waals surface area contributed by atoms with E-state index in [1.165, 1.54) is 6.07 Å². The lowest BCUT2D eigenvalue weighted by Gasteiger charge is -2.17. The van der Waals surface area contributed by atoms with Gasteiger partial charge in [0.1, 0.15) is 6.04 Å². The number of benzene rings is 1. The van der Waals surface area contributed by atoms with Gasteiger partial charge in [-0.1, -0.05) is 26.0 Å². The molecule has 0 fully saturated rings. The zero-order valence-electron chi connectivity index (χ0n) is 14.2. The molecule has 134 valence electrons. The fraction of sp³-hybridized carbons (Fsp3) is 0.375. The average Bonchev–Trinajstić information content (AvgIpc) is 2.76. The molecule has 0 spiro atoms. The van der Waals surface area contributed by atoms with Crippen LogP contribution in [0.3, 0.4) is 0 Å². The number of nitrogens with two attached hydrogens (primary N) is 1. The van der Waals surface area contributed by atoms with Crippen LogP contribution in [0.5, 0.6) is 5.88 Å². The van der Waals surface area contributed by atoms with Gasteiger partial charge in [0.2, 0.25) is 11.8 Å². The van der Waals surface area contributed by atoms with Crippen molar-refractivity contribution in [1.29, 1.82) is 0 Å². The number of carbonyl (C=O) groups is 1. The zero-order valence-corrected chi connectivity index (χ0v) is 14.2. The summed E-state index contributed by atoms with van der Waals surface area (Å²) in [4.78, 5) is 34.7. The number of hydrogen-bond acceptors (Lipinski definition) is 5. The average molecular weight is 348 g/mol. The van der Waals surface area contributed by atoms with E-state index in [9.17, 15) is 24.8 Å². The number of carbonyl (C=O) groups excluding carboxylic acids is 1. The second kappa shape index (κ2) is 6.80. The van der Waals surface area contributed by atoms with E-state index in [1.54, 1.807) is 32.9 Å². The molecule has 0 aliphatic heterocycles. The van der Waals surface area contributed by atoms with Gasteiger partial charge in [0.15, 0.2) is 0 Å². The Morgan fingerprint density at radius 2 is 2.04 bits per heavy atom. The van der Waals surface area contributed by atoms with E-state index in [1.807, 2.05) is 0 Å². The molecule has 25 heavy (non-hydrogen) atoms. The van der Waals surface area contributed by atoms with Crippen molar-refractivity contribution in [3.63, 3.8) is 0 Å². The van der Waals surface area contributed by atoms with Crippen molar-refractivity contribution in [1.82, 2.24) is 9.13 Å². The topological polar surface area (TPSA) is 133 Å². The van der Waals surface area contributed by atoms with E-state index >= 15 is 0 Å². The van der Waals surface area contributed by atoms with Crippen LogP contribution in [0.25, 0.3) is 0 Å². The second-order valence-corrected chi connectivity index (χ2v) is 6.23. The highest BCUT2D eigenvalue weighted by atomic mass is 16.6. The molecule has 1 atom stereocenters. The molecule has 0 aliphatic carbocycles. The normalized spacial score (nSPS) is 12.3. The minimum atomic E-state index is -0.896. The minimum Gasteiger partial charge on any atom is -0.493 e. The lowest BCUT2D eigenvalue weighted by molar-refractivity contribution is -0.385. The number of hydrogen-bond donors (Lipinski definition) is 2. The van der Waals surface area contributed by atoms with Gasteiger partial charge in [-0.15, -0.1) is 0 Å². The summed E-state index contributed by atoms with van der Waals surface area (Å²) >= 11 is 0. The van der Waals surface area contributed by atoms with Gasteiger partial charge in [-0.2, -0.15) is 0 Å². The van der Waals surface area contributed by atoms with E-state index in [0.717, 1.165) is 15.3 Å². The van der Waals surface area contributed by atoms with Crippen LogP contribution in [-0.4, -0.2) is 25.1 Å². The largest absolute Gasteiger partial charge is 0.493 e. The van der Waals surface area contributed by atoms with Crippen LogP contribution in [-0.2, 0) is 11.3 Å². The van der Waals surface area contributed by atoms with Crippen molar-refractivity contribution >= 4 is 11.6 Å². The highest BCUT2D eigenvalue weighted by Crippen LogP contribution is 2.22. The first kappa shape index (κ1) is 18.2. The summed E-state index contributed by atoms with van der Waals surface area (Å²) in [5.74, 6) is -1.27. The maximum absolute atomic E-state index is 12.6. The minimum absolute atomic E-state index is 0.0671. The fourth-order valence-corrected chi connectivity index (χ4v) is 2.75. The fourth-order valence-electron chi connectivity index (χ4n) is 2.75. The first-order chi connectivity index (χ1) is 11.6. The van der Waals surface area contributed by atoms with E-state index in [2.05, 4.69) is 0 Å². The molecule has 9 nitrogen and oxygen atoms in total. The maximum atomic E-state index is 12.6. The molecule has 2 rings (SSSR count). The Labute approximate surface area is 143 Å². The number of rotatable bonds is 6. The van der Waals surface area contributed by atoms with Gasteiger partial charge < -0.3 is 10.8 Å². The molecule has 0 radical (unpaired) electrons. The third kappa shape index (κ3) is 3.54. The number of imidazole rings is 1. The lowest BCUT2D eigenvalue weighted by Crippen LogP contribution is -2.37. The Morgan fingerprint density at radius 3 is 2.56 bits per heavy atom. The summed E-state index contributed by atoms with van der Waals surface area (Å²) in [5.41, 5.74) is 5.65. The molecule has 0 saturated heterocycles. The molecule has 1 amide bonds. The highest BCUT2D eigenvalue weighted by Gasteiger charge is 2.26. The Morgan fingerprint density at radius 1 is 1.40 bits per heavy atom. The van der Waals surface area contributed by atoms with Crippen LogP contribution in [0, 0.1) is 23.0 Å². The second-order valence-electron chi connectivity index (χ2n) is 6.23. The molecule has 1 aromatic heterocycles. The summed E-state index contributed by atoms with van der Waals surface area (Å²) in [5, 5.41) is 21.1. The lowest BCUT2D eigenvalue weighted by atomic mass is 10.0. The summed E-state index contributed by atoms with van der Waals surface area (Å²) in [7, 11) is 0. The quantitative estimate of drug-likeness (QED) is 0.599. The number of aryl methyl sites for hydroxylation is 1. The Kier molecular flexibility index (Phi) is 4.96. The van der Waals surface area contributed by atoms with Crippen molar-refractivity contribution in [2.75, 3.05) is 0 Å². The molecule has 0 aliphatic rings. The molecule has 0 bridgehead atoms. The van der Waals surface area contributed by atoms with Crippen LogP contribution in [0.2, 0.25) is 0 Å². The molecule has 1 unspecified atom stereocenters. The molecule has 0 saturated carbocycles. The van der Waals surface area contributed by atoms with Crippen LogP contribution in [0.15, 0.2) is 29.2 Å². The van der Waals surface area contributed by atoms with Crippen LogP contribution in [0.1, 0.15) is 31.0 Å². The number of amides is 1. The van der Waals surface area contributed by atoms with Gasteiger partial charge in [0.25, 0.3) is 5.69 Å². The van der Waals surface area contributed by atoms with E-state index in [0.29, 0.717) is 11.1 Å². The summed E-state index contributed by atoms with van der Waals surface area (Å²) in [6.45, 7) is 5.02. The molecule has 3 N–H and O–H groups in total. The Bertz CT molecular complexity index is 881. The van der Waals surface area contributed by atoms with Crippen molar-refractivity contribution in [3.05, 3.63) is 56.1 Å². The molecule has 9 heteroatoms. The Balaban J connectivity index is 2.46. The van der Waals surface area contributed by atoms with Crippen LogP contribution >= 0.6 is 0 Å². The SMILES string of the molecule is Cc1ccc(Cn2c(O)cn(C(C(N)=O)C(C)C)c2=O)cc1[N+](=O)[O-]. The van der Waals surface area contributed by atoms with E-state index in [-0.39, 0.29) is 24.0 Å². The first-order valence-electron chi connectivity index (χ1n) is 7.67. The van der Waals surface area contributed by atoms with Gasteiger partial charge >= 0.3 is 5.69 Å². The molecular formula is C16H20N4O5. The van der Waals surface area contributed by atoms with Crippen molar-refractivity contribution in [2.45, 2.75) is 33.4 Å². The number of primary amides is 1. The predicted molar refractivity (Wildman–Crippen MR) is 90.4 cm³/mol. The van der Waals surface area contributed by atoms with Crippen molar-refractivity contribution in [2.24, 2.45) is 11.7 Å². The van der Waals surface area contributed by atoms with Crippen molar-refractivity contribution in [3.8, 4) is 5.88 Å². The van der Waals surface area contributed by atoms with E-state index in [4.69, 9.17) is 5.73 Å². The monoisotopic (exact) mass is 348 g/mol. The number of aromatic nitrogens is 2. The standard InChI is InChI=1S/C16H20N4O5/c1-9(2)14(15(17)22)19-8-13(21)18(16(19)23)7-11-5-4-10(3)12(6-11)20(24)25/h4-6,8-9,14,21H,7H2,1-3H3,(H2,17,22). The number of aromatic hydroxyl groups is 1. The molecule has 1 heterocycles. The van der Waals surface area contributed by atoms with Gasteiger partial charge in [-0.3, -0.25) is 24.0 Å².